The Balaban J connectivity index is -0.000000364. The van der Waals surface area contributed by atoms with Crippen molar-refractivity contribution in [3.63, 3.8) is 0 Å². The van der Waals surface area contributed by atoms with E-state index in [0.717, 1.165) is 31.3 Å². The minimum Gasteiger partial charge on any atom is -0.103 e. The van der Waals surface area contributed by atoms with Crippen LogP contribution < -0.4 is 0 Å². The van der Waals surface area contributed by atoms with Gasteiger partial charge in [-0.1, -0.05) is 91.0 Å². The highest BCUT2D eigenvalue weighted by Crippen LogP contribution is 2.08. The Bertz CT molecular complexity index is 582. The molecular formula is C30H50. The first-order valence-corrected chi connectivity index (χ1v) is 11.1. The summed E-state index contributed by atoms with van der Waals surface area (Å²) in [5, 5.41) is 0. The van der Waals surface area contributed by atoms with E-state index in [9.17, 15) is 0 Å². The summed E-state index contributed by atoms with van der Waals surface area (Å²) >= 11 is 0. The molecule has 30 heavy (non-hydrogen) atoms. The molecule has 0 nitrogen and oxygen atoms in total. The van der Waals surface area contributed by atoms with Gasteiger partial charge in [0.05, 0.1) is 0 Å². The van der Waals surface area contributed by atoms with E-state index in [-0.39, 0.29) is 0 Å². The van der Waals surface area contributed by atoms with E-state index in [0.29, 0.717) is 5.92 Å². The average molecular weight is 411 g/mol. The molecule has 170 valence electrons. The number of hydrogen-bond donors (Lipinski definition) is 0. The first-order chi connectivity index (χ1) is 14.0. The third-order valence-electron chi connectivity index (χ3n) is 4.24. The molecule has 0 aromatic heterocycles. The highest BCUT2D eigenvalue weighted by molar-refractivity contribution is 5.13. The Labute approximate surface area is 190 Å². The van der Waals surface area contributed by atoms with Crippen LogP contribution in [0.2, 0.25) is 0 Å². The molecular weight excluding hydrogens is 360 g/mol. The van der Waals surface area contributed by atoms with E-state index >= 15 is 0 Å². The van der Waals surface area contributed by atoms with Crippen molar-refractivity contribution >= 4 is 0 Å². The molecule has 0 rings (SSSR count). The van der Waals surface area contributed by atoms with Crippen molar-refractivity contribution in [1.82, 2.24) is 0 Å². The van der Waals surface area contributed by atoms with Crippen molar-refractivity contribution in [1.29, 1.82) is 0 Å². The molecule has 1 atom stereocenters. The van der Waals surface area contributed by atoms with Crippen molar-refractivity contribution in [2.24, 2.45) is 5.92 Å². The zero-order valence-corrected chi connectivity index (χ0v) is 21.3. The van der Waals surface area contributed by atoms with Gasteiger partial charge >= 0.3 is 0 Å². The second-order valence-corrected chi connectivity index (χ2v) is 8.40. The molecule has 0 saturated heterocycles. The summed E-state index contributed by atoms with van der Waals surface area (Å²) in [6.07, 6.45) is 19.1. The molecule has 0 aromatic rings. The van der Waals surface area contributed by atoms with Crippen LogP contribution >= 0.6 is 0 Å². The van der Waals surface area contributed by atoms with Crippen LogP contribution in [-0.2, 0) is 0 Å². The van der Waals surface area contributed by atoms with Crippen LogP contribution in [0.1, 0.15) is 87.0 Å². The molecule has 0 radical (unpaired) electrons. The van der Waals surface area contributed by atoms with Gasteiger partial charge in [0.25, 0.3) is 0 Å². The van der Waals surface area contributed by atoms with Gasteiger partial charge in [0.1, 0.15) is 0 Å². The summed E-state index contributed by atoms with van der Waals surface area (Å²) in [5.41, 5.74) is 6.40. The van der Waals surface area contributed by atoms with Crippen LogP contribution in [0.15, 0.2) is 97.2 Å². The Hall–Kier alpha value is -2.08. The SMILES string of the molecule is C=C/C(C)=C/CCC(=C)C.C=CC(=C)CCC=C(C)C.C=CC(C)CCC=C(C)C. The summed E-state index contributed by atoms with van der Waals surface area (Å²) in [6.45, 7) is 33.5. The quantitative estimate of drug-likeness (QED) is 0.222. The van der Waals surface area contributed by atoms with Gasteiger partial charge in [-0.25, -0.2) is 0 Å². The highest BCUT2D eigenvalue weighted by atomic mass is 14.0. The van der Waals surface area contributed by atoms with Crippen LogP contribution in [0.25, 0.3) is 0 Å². The maximum absolute atomic E-state index is 3.82. The van der Waals surface area contributed by atoms with Gasteiger partial charge < -0.3 is 0 Å². The first kappa shape index (κ1) is 32.6. The predicted octanol–water partition coefficient (Wildman–Crippen LogP) is 10.5. The van der Waals surface area contributed by atoms with Crippen molar-refractivity contribution in [3.05, 3.63) is 97.2 Å². The van der Waals surface area contributed by atoms with E-state index in [1.807, 2.05) is 18.2 Å². The normalized spacial score (nSPS) is 10.7. The fourth-order valence-electron chi connectivity index (χ4n) is 2.03. The minimum atomic E-state index is 0.663. The zero-order chi connectivity index (χ0) is 23.9. The number of rotatable bonds is 12. The monoisotopic (exact) mass is 410 g/mol. The van der Waals surface area contributed by atoms with Crippen LogP contribution in [0, 0.1) is 5.92 Å². The molecule has 0 spiro atoms. The van der Waals surface area contributed by atoms with Gasteiger partial charge in [0.15, 0.2) is 0 Å². The maximum Gasteiger partial charge on any atom is -0.0250 e. The third kappa shape index (κ3) is 33.5. The fraction of sp³-hybridized carbons (Fsp3) is 0.467. The van der Waals surface area contributed by atoms with Gasteiger partial charge in [-0.05, 0) is 86.0 Å². The predicted molar refractivity (Wildman–Crippen MR) is 144 cm³/mol. The second kappa shape index (κ2) is 23.2. The Morgan fingerprint density at radius 3 is 1.60 bits per heavy atom. The number of hydrogen-bond acceptors (Lipinski definition) is 0. The first-order valence-electron chi connectivity index (χ1n) is 11.1. The molecule has 0 aromatic carbocycles. The van der Waals surface area contributed by atoms with Crippen molar-refractivity contribution in [2.45, 2.75) is 87.0 Å². The Morgan fingerprint density at radius 2 is 1.20 bits per heavy atom. The molecule has 0 aliphatic rings. The smallest absolute Gasteiger partial charge is 0.0250 e. The van der Waals surface area contributed by atoms with E-state index in [2.05, 4.69) is 99.6 Å². The molecule has 0 heteroatoms. The zero-order valence-electron chi connectivity index (χ0n) is 21.3. The molecule has 0 saturated carbocycles. The summed E-state index contributed by atoms with van der Waals surface area (Å²) in [5.74, 6) is 0.663. The minimum absolute atomic E-state index is 0.663. The topological polar surface area (TPSA) is 0 Å². The van der Waals surface area contributed by atoms with Gasteiger partial charge in [0, 0.05) is 0 Å². The molecule has 0 heterocycles. The molecule has 0 fully saturated rings. The summed E-state index contributed by atoms with van der Waals surface area (Å²) in [7, 11) is 0. The molecule has 0 amide bonds. The highest BCUT2D eigenvalue weighted by Gasteiger charge is 1.92. The van der Waals surface area contributed by atoms with Gasteiger partial charge in [-0.15, -0.1) is 13.2 Å². The van der Waals surface area contributed by atoms with Gasteiger partial charge in [-0.2, -0.15) is 0 Å². The van der Waals surface area contributed by atoms with E-state index < -0.39 is 0 Å². The molecule has 0 aliphatic carbocycles. The summed E-state index contributed by atoms with van der Waals surface area (Å²) in [4.78, 5) is 0. The van der Waals surface area contributed by atoms with E-state index in [4.69, 9.17) is 0 Å². The summed E-state index contributed by atoms with van der Waals surface area (Å²) < 4.78 is 0. The van der Waals surface area contributed by atoms with Crippen LogP contribution in [0.5, 0.6) is 0 Å². The fourth-order valence-corrected chi connectivity index (χ4v) is 2.03. The lowest BCUT2D eigenvalue weighted by Crippen LogP contribution is -1.86. The largest absolute Gasteiger partial charge is 0.103 e. The van der Waals surface area contributed by atoms with E-state index in [1.165, 1.54) is 35.1 Å². The van der Waals surface area contributed by atoms with Gasteiger partial charge in [0.2, 0.25) is 0 Å². The van der Waals surface area contributed by atoms with Crippen molar-refractivity contribution < 1.29 is 0 Å². The Kier molecular flexibility index (Phi) is 25.2. The second-order valence-electron chi connectivity index (χ2n) is 8.40. The van der Waals surface area contributed by atoms with Crippen LogP contribution in [-0.4, -0.2) is 0 Å². The maximum atomic E-state index is 3.82. The molecule has 1 unspecified atom stereocenters. The van der Waals surface area contributed by atoms with Crippen LogP contribution in [0.3, 0.4) is 0 Å². The molecule has 0 aliphatic heterocycles. The van der Waals surface area contributed by atoms with Crippen molar-refractivity contribution in [3.8, 4) is 0 Å². The number of allylic oxidation sites excluding steroid dienone is 11. The van der Waals surface area contributed by atoms with Crippen molar-refractivity contribution in [2.75, 3.05) is 0 Å². The lowest BCUT2D eigenvalue weighted by Gasteiger charge is -2.01. The third-order valence-corrected chi connectivity index (χ3v) is 4.24. The lowest BCUT2D eigenvalue weighted by atomic mass is 10.1. The molecule has 0 bridgehead atoms. The Morgan fingerprint density at radius 1 is 0.700 bits per heavy atom. The summed E-state index contributed by atoms with van der Waals surface area (Å²) in [6, 6.07) is 0. The lowest BCUT2D eigenvalue weighted by molar-refractivity contribution is 0.658. The average Bonchev–Trinajstić information content (AvgIpc) is 2.67. The van der Waals surface area contributed by atoms with Crippen LogP contribution in [0.4, 0.5) is 0 Å². The molecule has 0 N–H and O–H groups in total. The van der Waals surface area contributed by atoms with E-state index in [1.54, 1.807) is 0 Å². The van der Waals surface area contributed by atoms with Gasteiger partial charge in [-0.3, -0.25) is 0 Å². The standard InChI is InChI=1S/C10H18.2C10H16/c3*1-5-10(4)8-6-7-9(2)3/h5,7,10H,1,6,8H2,2-4H3;5,7H,1,4,6,8H2,2-3H3;5,8H,1-2,6-7H2,3-4H3/b;;10-8+.